The Morgan fingerprint density at radius 1 is 1.06 bits per heavy atom. The van der Waals surface area contributed by atoms with Crippen LogP contribution in [0, 0.1) is 0 Å². The van der Waals surface area contributed by atoms with E-state index in [0.717, 1.165) is 37.7 Å². The number of hydrogen-bond acceptors (Lipinski definition) is 4. The minimum Gasteiger partial charge on any atom is -0.480 e. The molecule has 0 saturated heterocycles. The molecular weight excluding hydrogens is 416 g/mol. The molecule has 0 spiro atoms. The second kappa shape index (κ2) is 10.1. The highest BCUT2D eigenvalue weighted by Crippen LogP contribution is 2.26. The van der Waals surface area contributed by atoms with Crippen molar-refractivity contribution in [1.29, 1.82) is 0 Å². The Bertz CT molecular complexity index is 1020. The average Bonchev–Trinajstić information content (AvgIpc) is 2.79. The highest BCUT2D eigenvalue weighted by molar-refractivity contribution is 7.89. The first-order valence-corrected chi connectivity index (χ1v) is 11.9. The molecule has 0 radical (unpaired) electrons. The molecule has 0 aliphatic heterocycles. The topological polar surface area (TPSA) is 104 Å². The van der Waals surface area contributed by atoms with E-state index in [9.17, 15) is 23.1 Å². The van der Waals surface area contributed by atoms with Gasteiger partial charge in [-0.25, -0.2) is 13.2 Å². The van der Waals surface area contributed by atoms with Gasteiger partial charge in [0.15, 0.2) is 0 Å². The van der Waals surface area contributed by atoms with Crippen LogP contribution in [0.25, 0.3) is 0 Å². The third-order valence-electron chi connectivity index (χ3n) is 5.75. The van der Waals surface area contributed by atoms with E-state index < -0.39 is 27.9 Å². The minimum absolute atomic E-state index is 0.0307. The summed E-state index contributed by atoms with van der Waals surface area (Å²) in [5, 5.41) is 12.0. The summed E-state index contributed by atoms with van der Waals surface area (Å²) < 4.78 is 27.6. The number of nitrogens with zero attached hydrogens (tertiary/aromatic N) is 1. The average molecular weight is 445 g/mol. The molecular formula is C23H28N2O5S. The van der Waals surface area contributed by atoms with Crippen LogP contribution in [0.1, 0.15) is 48.0 Å². The zero-order chi connectivity index (χ0) is 22.4. The van der Waals surface area contributed by atoms with Crippen molar-refractivity contribution in [3.63, 3.8) is 0 Å². The first-order chi connectivity index (χ1) is 14.8. The first-order valence-electron chi connectivity index (χ1n) is 10.4. The summed E-state index contributed by atoms with van der Waals surface area (Å²) in [6.07, 6.45) is 4.92. The Labute approximate surface area is 183 Å². The van der Waals surface area contributed by atoms with Crippen LogP contribution in [0.3, 0.4) is 0 Å². The van der Waals surface area contributed by atoms with E-state index in [4.69, 9.17) is 0 Å². The van der Waals surface area contributed by atoms with Crippen LogP contribution in [-0.2, 0) is 21.2 Å². The first kappa shape index (κ1) is 23.0. The molecule has 31 heavy (non-hydrogen) atoms. The van der Waals surface area contributed by atoms with Crippen LogP contribution in [-0.4, -0.2) is 48.8 Å². The van der Waals surface area contributed by atoms with E-state index in [2.05, 4.69) is 5.32 Å². The Hall–Kier alpha value is -2.71. The predicted molar refractivity (Wildman–Crippen MR) is 117 cm³/mol. The number of carbonyl (C=O) groups excluding carboxylic acids is 1. The van der Waals surface area contributed by atoms with Crippen molar-refractivity contribution in [3.8, 4) is 0 Å². The van der Waals surface area contributed by atoms with Crippen molar-refractivity contribution in [2.75, 3.05) is 7.05 Å². The second-order valence-corrected chi connectivity index (χ2v) is 9.89. The highest BCUT2D eigenvalue weighted by atomic mass is 32.2. The molecule has 1 fully saturated rings. The number of carboxylic acids is 1. The highest BCUT2D eigenvalue weighted by Gasteiger charge is 2.30. The quantitative estimate of drug-likeness (QED) is 0.651. The van der Waals surface area contributed by atoms with Gasteiger partial charge in [-0.2, -0.15) is 4.31 Å². The predicted octanol–water partition coefficient (Wildman–Crippen LogP) is 3.07. The SMILES string of the molecule is CN(C1CCCCC1)S(=O)(=O)c1cccc(C(=O)N[C@@H](Cc2ccccc2)C(=O)O)c1. The van der Waals surface area contributed by atoms with Gasteiger partial charge in [-0.05, 0) is 36.6 Å². The standard InChI is InChI=1S/C23H28N2O5S/c1-25(19-12-6-3-7-13-19)31(29,30)20-14-8-11-18(16-20)22(26)24-21(23(27)28)15-17-9-4-2-5-10-17/h2,4-5,8-11,14,16,19,21H,3,6-7,12-13,15H2,1H3,(H,24,26)(H,27,28)/t21-/m0/s1. The number of benzene rings is 2. The van der Waals surface area contributed by atoms with Crippen molar-refractivity contribution >= 4 is 21.9 Å². The molecule has 0 bridgehead atoms. The molecule has 3 rings (SSSR count). The molecule has 0 heterocycles. The van der Waals surface area contributed by atoms with E-state index in [1.165, 1.54) is 28.6 Å². The van der Waals surface area contributed by atoms with Crippen molar-refractivity contribution in [2.45, 2.75) is 55.5 Å². The van der Waals surface area contributed by atoms with Gasteiger partial charge in [0, 0.05) is 25.1 Å². The Kier molecular flexibility index (Phi) is 7.46. The smallest absolute Gasteiger partial charge is 0.326 e. The van der Waals surface area contributed by atoms with Crippen LogP contribution in [0.4, 0.5) is 0 Å². The lowest BCUT2D eigenvalue weighted by Gasteiger charge is -2.30. The summed E-state index contributed by atoms with van der Waals surface area (Å²) in [5.74, 6) is -1.78. The van der Waals surface area contributed by atoms with E-state index in [-0.39, 0.29) is 22.9 Å². The number of aliphatic carboxylic acids is 1. The number of carboxylic acid groups (broad SMARTS) is 1. The van der Waals surface area contributed by atoms with Crippen molar-refractivity contribution in [2.24, 2.45) is 0 Å². The van der Waals surface area contributed by atoms with Gasteiger partial charge < -0.3 is 10.4 Å². The summed E-state index contributed by atoms with van der Waals surface area (Å²) in [4.78, 5) is 24.4. The lowest BCUT2D eigenvalue weighted by Crippen LogP contribution is -2.42. The van der Waals surface area contributed by atoms with Crippen LogP contribution in [0.15, 0.2) is 59.5 Å². The van der Waals surface area contributed by atoms with Crippen molar-refractivity contribution in [1.82, 2.24) is 9.62 Å². The van der Waals surface area contributed by atoms with Gasteiger partial charge in [-0.3, -0.25) is 4.79 Å². The number of carbonyl (C=O) groups is 2. The van der Waals surface area contributed by atoms with E-state index >= 15 is 0 Å². The number of rotatable bonds is 8. The van der Waals surface area contributed by atoms with E-state index in [1.807, 2.05) is 6.07 Å². The third kappa shape index (κ3) is 5.71. The normalized spacial score (nSPS) is 16.1. The lowest BCUT2D eigenvalue weighted by atomic mass is 9.96. The third-order valence-corrected chi connectivity index (χ3v) is 7.65. The molecule has 1 amide bonds. The Balaban J connectivity index is 1.76. The minimum atomic E-state index is -3.75. The maximum atomic E-state index is 13.1. The van der Waals surface area contributed by atoms with Crippen LogP contribution >= 0.6 is 0 Å². The van der Waals surface area contributed by atoms with Gasteiger partial charge in [0.1, 0.15) is 6.04 Å². The molecule has 2 aromatic carbocycles. The number of hydrogen-bond donors (Lipinski definition) is 2. The fourth-order valence-electron chi connectivity index (χ4n) is 3.90. The summed E-state index contributed by atoms with van der Waals surface area (Å²) in [7, 11) is -2.17. The number of nitrogens with one attached hydrogen (secondary N) is 1. The van der Waals surface area contributed by atoms with Gasteiger partial charge in [0.25, 0.3) is 5.91 Å². The molecule has 8 heteroatoms. The summed E-state index contributed by atoms with van der Waals surface area (Å²) in [5.41, 5.74) is 0.887. The Morgan fingerprint density at radius 3 is 2.39 bits per heavy atom. The van der Waals surface area contributed by atoms with Gasteiger partial charge in [0.2, 0.25) is 10.0 Å². The molecule has 7 nitrogen and oxygen atoms in total. The zero-order valence-electron chi connectivity index (χ0n) is 17.5. The molecule has 2 N–H and O–H groups in total. The molecule has 1 atom stereocenters. The van der Waals surface area contributed by atoms with Crippen LogP contribution in [0.2, 0.25) is 0 Å². The second-order valence-electron chi connectivity index (χ2n) is 7.89. The largest absolute Gasteiger partial charge is 0.480 e. The fourth-order valence-corrected chi connectivity index (χ4v) is 5.36. The molecule has 166 valence electrons. The number of sulfonamides is 1. The van der Waals surface area contributed by atoms with Crippen molar-refractivity contribution in [3.05, 3.63) is 65.7 Å². The maximum Gasteiger partial charge on any atom is 0.326 e. The summed E-state index contributed by atoms with van der Waals surface area (Å²) >= 11 is 0. The van der Waals surface area contributed by atoms with Gasteiger partial charge in [-0.15, -0.1) is 0 Å². The van der Waals surface area contributed by atoms with Crippen LogP contribution in [0.5, 0.6) is 0 Å². The van der Waals surface area contributed by atoms with E-state index in [0.29, 0.717) is 0 Å². The van der Waals surface area contributed by atoms with E-state index in [1.54, 1.807) is 31.3 Å². The van der Waals surface area contributed by atoms with Crippen molar-refractivity contribution < 1.29 is 23.1 Å². The van der Waals surface area contributed by atoms with Gasteiger partial charge >= 0.3 is 5.97 Å². The number of amides is 1. The molecule has 0 unspecified atom stereocenters. The maximum absolute atomic E-state index is 13.1. The molecule has 1 aliphatic rings. The summed E-state index contributed by atoms with van der Waals surface area (Å²) in [6, 6.07) is 13.6. The van der Waals surface area contributed by atoms with Gasteiger partial charge in [-0.1, -0.05) is 55.7 Å². The fraction of sp³-hybridized carbons (Fsp3) is 0.391. The Morgan fingerprint density at radius 2 is 1.74 bits per heavy atom. The lowest BCUT2D eigenvalue weighted by molar-refractivity contribution is -0.139. The molecule has 2 aromatic rings. The molecule has 0 aromatic heterocycles. The van der Waals surface area contributed by atoms with Crippen LogP contribution < -0.4 is 5.32 Å². The molecule has 1 saturated carbocycles. The monoisotopic (exact) mass is 444 g/mol. The molecule has 1 aliphatic carbocycles. The van der Waals surface area contributed by atoms with Gasteiger partial charge in [0.05, 0.1) is 4.90 Å². The summed E-state index contributed by atoms with van der Waals surface area (Å²) in [6.45, 7) is 0. The zero-order valence-corrected chi connectivity index (χ0v) is 18.3.